The lowest BCUT2D eigenvalue weighted by molar-refractivity contribution is 0.0430. The summed E-state index contributed by atoms with van der Waals surface area (Å²) in [5.74, 6) is 0.689. The molecular weight excluding hydrogens is 176 g/mol. The van der Waals surface area contributed by atoms with E-state index in [0.717, 1.165) is 25.9 Å². The van der Waals surface area contributed by atoms with E-state index in [1.165, 1.54) is 5.56 Å². The van der Waals surface area contributed by atoms with Crippen molar-refractivity contribution >= 4 is 0 Å². The van der Waals surface area contributed by atoms with Crippen molar-refractivity contribution in [3.05, 3.63) is 24.0 Å². The van der Waals surface area contributed by atoms with E-state index in [2.05, 4.69) is 28.3 Å². The first-order valence-corrected chi connectivity index (χ1v) is 5.23. The molecule has 78 valence electrons. The van der Waals surface area contributed by atoms with E-state index >= 15 is 0 Å². The van der Waals surface area contributed by atoms with Gasteiger partial charge in [0, 0.05) is 26.0 Å². The van der Waals surface area contributed by atoms with E-state index < -0.39 is 0 Å². The average Bonchev–Trinajstić information content (AvgIpc) is 2.48. The molecule has 3 heteroatoms. The van der Waals surface area contributed by atoms with Crippen molar-refractivity contribution in [3.8, 4) is 0 Å². The van der Waals surface area contributed by atoms with Crippen LogP contribution >= 0.6 is 0 Å². The van der Waals surface area contributed by atoms with Crippen LogP contribution in [0, 0.1) is 5.92 Å². The zero-order valence-electron chi connectivity index (χ0n) is 8.61. The molecule has 0 atom stereocenters. The van der Waals surface area contributed by atoms with E-state index in [0.29, 0.717) is 5.92 Å². The molecule has 1 fully saturated rings. The van der Waals surface area contributed by atoms with Crippen molar-refractivity contribution in [3.63, 3.8) is 0 Å². The lowest BCUT2D eigenvalue weighted by atomic mass is 9.82. The Morgan fingerprint density at radius 1 is 1.57 bits per heavy atom. The monoisotopic (exact) mass is 194 g/mol. The first-order chi connectivity index (χ1) is 6.74. The van der Waals surface area contributed by atoms with Crippen LogP contribution in [0.1, 0.15) is 18.4 Å². The Morgan fingerprint density at radius 3 is 2.93 bits per heavy atom. The molecule has 1 heterocycles. The zero-order chi connectivity index (χ0) is 9.97. The van der Waals surface area contributed by atoms with Gasteiger partial charge in [0.1, 0.15) is 0 Å². The maximum Gasteiger partial charge on any atom is 0.0546 e. The summed E-state index contributed by atoms with van der Waals surface area (Å²) in [5, 5.41) is 12.5. The van der Waals surface area contributed by atoms with Gasteiger partial charge in [-0.2, -0.15) is 0 Å². The summed E-state index contributed by atoms with van der Waals surface area (Å²) < 4.78 is 2.06. The van der Waals surface area contributed by atoms with Crippen molar-refractivity contribution in [2.24, 2.45) is 13.0 Å². The fraction of sp³-hybridized carbons (Fsp3) is 0.636. The van der Waals surface area contributed by atoms with E-state index in [-0.39, 0.29) is 6.10 Å². The van der Waals surface area contributed by atoms with Crippen LogP contribution in [0.15, 0.2) is 18.5 Å². The highest BCUT2D eigenvalue weighted by Crippen LogP contribution is 2.26. The van der Waals surface area contributed by atoms with Crippen LogP contribution in [0.25, 0.3) is 0 Å². The molecule has 0 amide bonds. The molecule has 0 unspecified atom stereocenters. The molecule has 1 aromatic heterocycles. The topological polar surface area (TPSA) is 37.2 Å². The third-order valence-electron chi connectivity index (χ3n) is 2.87. The highest BCUT2D eigenvalue weighted by atomic mass is 16.3. The minimum Gasteiger partial charge on any atom is -0.393 e. The first kappa shape index (κ1) is 9.74. The minimum atomic E-state index is -0.0291. The number of aromatic nitrogens is 1. The summed E-state index contributed by atoms with van der Waals surface area (Å²) in [4.78, 5) is 0. The summed E-state index contributed by atoms with van der Waals surface area (Å²) >= 11 is 0. The normalized spacial score (nSPS) is 26.1. The van der Waals surface area contributed by atoms with Crippen molar-refractivity contribution in [1.82, 2.24) is 9.88 Å². The SMILES string of the molecule is Cn1ccc(CNCC2CC(O)C2)c1. The van der Waals surface area contributed by atoms with Gasteiger partial charge in [-0.15, -0.1) is 0 Å². The van der Waals surface area contributed by atoms with E-state index in [1.807, 2.05) is 7.05 Å². The van der Waals surface area contributed by atoms with Crippen LogP contribution in [0.3, 0.4) is 0 Å². The standard InChI is InChI=1S/C11H18N2O/c1-13-3-2-9(8-13)6-12-7-10-4-11(14)5-10/h2-3,8,10-12,14H,4-7H2,1H3. The number of rotatable bonds is 4. The molecule has 0 saturated heterocycles. The molecule has 2 N–H and O–H groups in total. The predicted octanol–water partition coefficient (Wildman–Crippen LogP) is 0.886. The predicted molar refractivity (Wildman–Crippen MR) is 55.9 cm³/mol. The van der Waals surface area contributed by atoms with Gasteiger partial charge in [0.05, 0.1) is 6.10 Å². The average molecular weight is 194 g/mol. The number of aliphatic hydroxyl groups excluding tert-OH is 1. The molecule has 3 nitrogen and oxygen atoms in total. The van der Waals surface area contributed by atoms with Crippen LogP contribution < -0.4 is 5.32 Å². The molecule has 1 aliphatic carbocycles. The number of hydrogen-bond donors (Lipinski definition) is 2. The number of nitrogens with zero attached hydrogens (tertiary/aromatic N) is 1. The summed E-state index contributed by atoms with van der Waals surface area (Å²) in [6.07, 6.45) is 6.11. The van der Waals surface area contributed by atoms with Crippen molar-refractivity contribution in [1.29, 1.82) is 0 Å². The van der Waals surface area contributed by atoms with Gasteiger partial charge in [-0.05, 0) is 36.9 Å². The van der Waals surface area contributed by atoms with Gasteiger partial charge in [-0.3, -0.25) is 0 Å². The molecule has 0 spiro atoms. The summed E-state index contributed by atoms with van der Waals surface area (Å²) in [5.41, 5.74) is 1.33. The van der Waals surface area contributed by atoms with Gasteiger partial charge in [0.2, 0.25) is 0 Å². The van der Waals surface area contributed by atoms with E-state index in [4.69, 9.17) is 5.11 Å². The van der Waals surface area contributed by atoms with Crippen LogP contribution in [0.5, 0.6) is 0 Å². The largest absolute Gasteiger partial charge is 0.393 e. The quantitative estimate of drug-likeness (QED) is 0.747. The Hall–Kier alpha value is -0.800. The molecule has 0 aromatic carbocycles. The third-order valence-corrected chi connectivity index (χ3v) is 2.87. The van der Waals surface area contributed by atoms with Gasteiger partial charge in [0.25, 0.3) is 0 Å². The second kappa shape index (κ2) is 4.15. The highest BCUT2D eigenvalue weighted by Gasteiger charge is 2.26. The lowest BCUT2D eigenvalue weighted by Crippen LogP contribution is -2.35. The third kappa shape index (κ3) is 2.36. The van der Waals surface area contributed by atoms with Gasteiger partial charge in [-0.1, -0.05) is 0 Å². The lowest BCUT2D eigenvalue weighted by Gasteiger charge is -2.31. The summed E-state index contributed by atoms with van der Waals surface area (Å²) in [6, 6.07) is 2.13. The van der Waals surface area contributed by atoms with Crippen LogP contribution in [-0.4, -0.2) is 22.3 Å². The van der Waals surface area contributed by atoms with Gasteiger partial charge >= 0.3 is 0 Å². The molecule has 1 aromatic rings. The molecular formula is C11H18N2O. The van der Waals surface area contributed by atoms with Crippen LogP contribution in [0.4, 0.5) is 0 Å². The molecule has 0 radical (unpaired) electrons. The molecule has 0 aliphatic heterocycles. The Balaban J connectivity index is 1.63. The van der Waals surface area contributed by atoms with Crippen molar-refractivity contribution in [2.75, 3.05) is 6.54 Å². The number of hydrogen-bond acceptors (Lipinski definition) is 2. The van der Waals surface area contributed by atoms with Crippen molar-refractivity contribution in [2.45, 2.75) is 25.5 Å². The maximum atomic E-state index is 9.11. The fourth-order valence-electron chi connectivity index (χ4n) is 1.95. The van der Waals surface area contributed by atoms with Gasteiger partial charge in [-0.25, -0.2) is 0 Å². The minimum absolute atomic E-state index is 0.0291. The van der Waals surface area contributed by atoms with Gasteiger partial charge < -0.3 is 15.0 Å². The highest BCUT2D eigenvalue weighted by molar-refractivity contribution is 5.09. The van der Waals surface area contributed by atoms with E-state index in [9.17, 15) is 0 Å². The number of nitrogens with one attached hydrogen (secondary N) is 1. The first-order valence-electron chi connectivity index (χ1n) is 5.23. The summed E-state index contributed by atoms with van der Waals surface area (Å²) in [7, 11) is 2.03. The Morgan fingerprint density at radius 2 is 2.36 bits per heavy atom. The Bertz CT molecular complexity index is 289. The Kier molecular flexibility index (Phi) is 2.89. The molecule has 1 saturated carbocycles. The Labute approximate surface area is 84.7 Å². The van der Waals surface area contributed by atoms with Crippen molar-refractivity contribution < 1.29 is 5.11 Å². The fourth-order valence-corrected chi connectivity index (χ4v) is 1.95. The summed E-state index contributed by atoms with van der Waals surface area (Å²) in [6.45, 7) is 1.97. The van der Waals surface area contributed by atoms with Crippen LogP contribution in [0.2, 0.25) is 0 Å². The second-order valence-corrected chi connectivity index (χ2v) is 4.31. The van der Waals surface area contributed by atoms with Crippen LogP contribution in [-0.2, 0) is 13.6 Å². The molecule has 2 rings (SSSR count). The molecule has 0 bridgehead atoms. The molecule has 1 aliphatic rings. The van der Waals surface area contributed by atoms with E-state index in [1.54, 1.807) is 0 Å². The number of aryl methyl sites for hydroxylation is 1. The second-order valence-electron chi connectivity index (χ2n) is 4.31. The zero-order valence-corrected chi connectivity index (χ0v) is 8.61. The maximum absolute atomic E-state index is 9.11. The molecule has 14 heavy (non-hydrogen) atoms. The van der Waals surface area contributed by atoms with Gasteiger partial charge in [0.15, 0.2) is 0 Å². The smallest absolute Gasteiger partial charge is 0.0546 e. The number of aliphatic hydroxyl groups is 1.